The van der Waals surface area contributed by atoms with Crippen LogP contribution in [0.2, 0.25) is 0 Å². The Morgan fingerprint density at radius 2 is 1.36 bits per heavy atom. The van der Waals surface area contributed by atoms with Gasteiger partial charge in [-0.2, -0.15) is 0 Å². The third-order valence-corrected chi connectivity index (χ3v) is 2.92. The molecule has 0 fully saturated rings. The van der Waals surface area contributed by atoms with Gasteiger partial charge in [0.25, 0.3) is 0 Å². The molecule has 0 aromatic carbocycles. The Bertz CT molecular complexity index is 432. The van der Waals surface area contributed by atoms with E-state index in [-0.39, 0.29) is 0 Å². The topological polar surface area (TPSA) is 3.88 Å². The molecule has 0 N–H and O–H groups in total. The van der Waals surface area contributed by atoms with Crippen molar-refractivity contribution in [1.82, 2.24) is 0 Å². The van der Waals surface area contributed by atoms with Crippen LogP contribution in [0.15, 0.2) is 24.4 Å². The van der Waals surface area contributed by atoms with Crippen molar-refractivity contribution >= 4 is 7.81 Å². The molecule has 0 aliphatic carbocycles. The average Bonchev–Trinajstić information content (AvgIpc) is 2.32. The first-order valence-electron chi connectivity index (χ1n) is 7.31. The molecule has 1 aromatic heterocycles. The second-order valence-corrected chi connectivity index (χ2v) is 7.18. The van der Waals surface area contributed by atoms with Crippen molar-refractivity contribution in [3.8, 4) is 0 Å². The van der Waals surface area contributed by atoms with Crippen LogP contribution >= 0.6 is 7.81 Å². The van der Waals surface area contributed by atoms with Crippen molar-refractivity contribution in [2.24, 2.45) is 0 Å². The fourth-order valence-electron chi connectivity index (χ4n) is 1.88. The van der Waals surface area contributed by atoms with Crippen LogP contribution < -0.4 is 4.57 Å². The minimum absolute atomic E-state index is 1.18. The van der Waals surface area contributed by atoms with Crippen molar-refractivity contribution in [2.75, 3.05) is 0 Å². The van der Waals surface area contributed by atoms with E-state index in [0.717, 1.165) is 0 Å². The van der Waals surface area contributed by atoms with Gasteiger partial charge in [-0.1, -0.05) is 38.7 Å². The number of unbranched alkanes of at least 4 members (excludes halogenated alkanes) is 5. The van der Waals surface area contributed by atoms with Gasteiger partial charge in [0, 0.05) is 25.5 Å². The predicted molar refractivity (Wildman–Crippen MR) is 78.3 cm³/mol. The summed E-state index contributed by atoms with van der Waals surface area (Å²) in [6.45, 7) is 5.62. The van der Waals surface area contributed by atoms with Gasteiger partial charge >= 0.3 is 33.0 Å². The average molecular weight is 351 g/mol. The van der Waals surface area contributed by atoms with E-state index in [2.05, 4.69) is 42.8 Å². The van der Waals surface area contributed by atoms with Crippen molar-refractivity contribution < 1.29 is 29.7 Å². The molecule has 0 bridgehead atoms. The number of halogens is 6. The molecule has 8 heteroatoms. The maximum atomic E-state index is 9.87. The molecular formula is C14H24F6NP. The molecule has 1 heterocycles. The van der Waals surface area contributed by atoms with E-state index in [1.807, 2.05) is 0 Å². The molecule has 1 aromatic rings. The van der Waals surface area contributed by atoms with Crippen molar-refractivity contribution in [1.29, 1.82) is 0 Å². The molecule has 22 heavy (non-hydrogen) atoms. The first-order chi connectivity index (χ1) is 9.79. The van der Waals surface area contributed by atoms with Gasteiger partial charge < -0.3 is 0 Å². The monoisotopic (exact) mass is 351 g/mol. The summed E-state index contributed by atoms with van der Waals surface area (Å²) in [6, 6.07) is 6.40. The van der Waals surface area contributed by atoms with Crippen molar-refractivity contribution in [3.63, 3.8) is 0 Å². The number of hydrogen-bond donors (Lipinski definition) is 0. The summed E-state index contributed by atoms with van der Waals surface area (Å²) in [5.41, 5.74) is 1.37. The van der Waals surface area contributed by atoms with Gasteiger partial charge in [-0.05, 0) is 6.42 Å². The Balaban J connectivity index is 0.000000534. The normalized spacial score (nSPS) is 14.5. The second kappa shape index (κ2) is 7.62. The molecule has 0 amide bonds. The summed E-state index contributed by atoms with van der Waals surface area (Å²) in [5.74, 6) is 0. The quantitative estimate of drug-likeness (QED) is 0.215. The van der Waals surface area contributed by atoms with Gasteiger partial charge in [-0.25, -0.2) is 4.57 Å². The van der Waals surface area contributed by atoms with Gasteiger partial charge in [0.05, 0.1) is 0 Å². The molecule has 0 aliphatic heterocycles. The fraction of sp³-hybridized carbons (Fsp3) is 0.643. The number of hydrogen-bond acceptors (Lipinski definition) is 0. The fourth-order valence-corrected chi connectivity index (χ4v) is 1.88. The van der Waals surface area contributed by atoms with Crippen LogP contribution in [-0.2, 0) is 6.54 Å². The Labute approximate surface area is 127 Å². The SMILES string of the molecule is CCCCCCCC[n+]1ccccc1C.F[P-](F)(F)(F)(F)F. The third-order valence-electron chi connectivity index (χ3n) is 2.92. The van der Waals surface area contributed by atoms with Crippen LogP contribution in [0.3, 0.4) is 0 Å². The van der Waals surface area contributed by atoms with Crippen molar-refractivity contribution in [2.45, 2.75) is 58.9 Å². The molecule has 132 valence electrons. The number of aromatic nitrogens is 1. The third kappa shape index (κ3) is 19.2. The Hall–Kier alpha value is -0.840. The first kappa shape index (κ1) is 21.2. The zero-order valence-corrected chi connectivity index (χ0v) is 13.8. The summed E-state index contributed by atoms with van der Waals surface area (Å²) in [7, 11) is -10.7. The van der Waals surface area contributed by atoms with Gasteiger partial charge in [-0.15, -0.1) is 0 Å². The summed E-state index contributed by atoms with van der Waals surface area (Å²) in [4.78, 5) is 0. The molecule has 0 unspecified atom stereocenters. The Morgan fingerprint density at radius 1 is 0.864 bits per heavy atom. The molecule has 0 saturated heterocycles. The molecule has 0 radical (unpaired) electrons. The number of aryl methyl sites for hydroxylation is 2. The van der Waals surface area contributed by atoms with E-state index < -0.39 is 7.81 Å². The Kier molecular flexibility index (Phi) is 7.33. The molecule has 0 atom stereocenters. The summed E-state index contributed by atoms with van der Waals surface area (Å²) in [5, 5.41) is 0. The van der Waals surface area contributed by atoms with Crippen LogP contribution in [0.4, 0.5) is 25.2 Å². The standard InChI is InChI=1S/C14H24N.F6P/c1-3-4-5-6-7-9-12-15-13-10-8-11-14(15)2;1-7(2,3,4,5)6/h8,10-11,13H,3-7,9,12H2,1-2H3;/q+1;-1. The van der Waals surface area contributed by atoms with E-state index in [4.69, 9.17) is 0 Å². The zero-order chi connectivity index (χ0) is 17.3. The molecule has 0 aliphatic rings. The van der Waals surface area contributed by atoms with Crippen molar-refractivity contribution in [3.05, 3.63) is 30.1 Å². The summed E-state index contributed by atoms with van der Waals surface area (Å²) < 4.78 is 61.5. The van der Waals surface area contributed by atoms with E-state index in [9.17, 15) is 25.2 Å². The molecule has 0 spiro atoms. The van der Waals surface area contributed by atoms with Gasteiger partial charge in [0.2, 0.25) is 0 Å². The number of pyridine rings is 1. The van der Waals surface area contributed by atoms with E-state index in [1.54, 1.807) is 0 Å². The van der Waals surface area contributed by atoms with Gasteiger partial charge in [0.1, 0.15) is 6.54 Å². The zero-order valence-electron chi connectivity index (χ0n) is 12.9. The van der Waals surface area contributed by atoms with Gasteiger partial charge in [-0.3, -0.25) is 0 Å². The van der Waals surface area contributed by atoms with Crippen LogP contribution in [0, 0.1) is 6.92 Å². The summed E-state index contributed by atoms with van der Waals surface area (Å²) in [6.07, 6.45) is 10.4. The van der Waals surface area contributed by atoms with Gasteiger partial charge in [0.15, 0.2) is 11.9 Å². The summed E-state index contributed by atoms with van der Waals surface area (Å²) >= 11 is 0. The van der Waals surface area contributed by atoms with E-state index >= 15 is 0 Å². The minimum atomic E-state index is -10.7. The Morgan fingerprint density at radius 3 is 1.86 bits per heavy atom. The number of nitrogens with zero attached hydrogens (tertiary/aromatic N) is 1. The van der Waals surface area contributed by atoms with Crippen LogP contribution in [0.1, 0.15) is 51.1 Å². The molecule has 1 rings (SSSR count). The molecule has 1 nitrogen and oxygen atoms in total. The number of rotatable bonds is 7. The van der Waals surface area contributed by atoms with E-state index in [1.165, 1.54) is 50.8 Å². The van der Waals surface area contributed by atoms with Crippen LogP contribution in [-0.4, -0.2) is 0 Å². The molecular weight excluding hydrogens is 327 g/mol. The van der Waals surface area contributed by atoms with Crippen LogP contribution in [0.5, 0.6) is 0 Å². The van der Waals surface area contributed by atoms with Crippen LogP contribution in [0.25, 0.3) is 0 Å². The van der Waals surface area contributed by atoms with E-state index in [0.29, 0.717) is 0 Å². The predicted octanol–water partition coefficient (Wildman–Crippen LogP) is 7.03. The first-order valence-corrected chi connectivity index (χ1v) is 9.34. The molecule has 0 saturated carbocycles. The maximum absolute atomic E-state index is 10.7. The second-order valence-electron chi connectivity index (χ2n) is 5.26.